The van der Waals surface area contributed by atoms with E-state index < -0.39 is 65.8 Å². The zero-order valence-electron chi connectivity index (χ0n) is 28.4. The summed E-state index contributed by atoms with van der Waals surface area (Å²) in [5.41, 5.74) is 3.58. The average molecular weight is 722 g/mol. The van der Waals surface area contributed by atoms with E-state index in [1.54, 1.807) is 61.8 Å². The highest BCUT2D eigenvalue weighted by Gasteiger charge is 2.44. The molecule has 15 heteroatoms. The molecule has 2 saturated heterocycles. The molecule has 2 aliphatic rings. The summed E-state index contributed by atoms with van der Waals surface area (Å²) in [6.07, 6.45) is 2.15. The van der Waals surface area contributed by atoms with Gasteiger partial charge in [-0.2, -0.15) is 11.8 Å². The van der Waals surface area contributed by atoms with Gasteiger partial charge in [0.1, 0.15) is 24.2 Å². The molecule has 3 aromatic rings. The van der Waals surface area contributed by atoms with Crippen LogP contribution in [-0.2, 0) is 24.0 Å². The maximum Gasteiger partial charge on any atom is 0.251 e. The van der Waals surface area contributed by atoms with Crippen LogP contribution in [0.4, 0.5) is 0 Å². The van der Waals surface area contributed by atoms with Gasteiger partial charge in [0.05, 0.1) is 28.2 Å². The van der Waals surface area contributed by atoms with Gasteiger partial charge in [0.15, 0.2) is 0 Å². The highest BCUT2D eigenvalue weighted by Crippen LogP contribution is 2.24. The standard InChI is InChI=1S/C35H43N7O6S2/c1-19(2)30-35(48)42-17-23(38-32(45)22-10-11-24-28(14-22)50-18-36-24)15-27(42)34(47)37-20(3)31(44)40-26(21-8-6-5-7-9-21)16-29(43)39-25(12-13-49-4)33(46)41-30/h5-11,14,18-20,23,25-27,30H,12-13,15-17H2,1-4H3,(H,37,47)(H,38,45)(H,39,43)(H,40,44)(H,41,46)/t20-,23-,25-,26-,27-,30-/m0/s1. The van der Waals surface area contributed by atoms with Crippen molar-refractivity contribution in [1.82, 2.24) is 36.5 Å². The van der Waals surface area contributed by atoms with Crippen molar-refractivity contribution in [2.45, 2.75) is 76.3 Å². The van der Waals surface area contributed by atoms with E-state index in [9.17, 15) is 28.8 Å². The number of nitrogens with zero attached hydrogens (tertiary/aromatic N) is 2. The lowest BCUT2D eigenvalue weighted by Crippen LogP contribution is -2.59. The number of rotatable bonds is 7. The molecule has 0 radical (unpaired) electrons. The second-order valence-electron chi connectivity index (χ2n) is 13.0. The molecule has 0 unspecified atom stereocenters. The Morgan fingerprint density at radius 1 is 1.00 bits per heavy atom. The Morgan fingerprint density at radius 2 is 1.76 bits per heavy atom. The van der Waals surface area contributed by atoms with E-state index in [2.05, 4.69) is 31.6 Å². The molecule has 2 aromatic carbocycles. The van der Waals surface area contributed by atoms with E-state index in [0.29, 0.717) is 23.3 Å². The Bertz CT molecular complexity index is 1730. The number of hydrogen-bond acceptors (Lipinski definition) is 9. The predicted octanol–water partition coefficient (Wildman–Crippen LogP) is 2.14. The van der Waals surface area contributed by atoms with E-state index in [4.69, 9.17) is 0 Å². The van der Waals surface area contributed by atoms with Gasteiger partial charge in [0, 0.05) is 18.2 Å². The molecule has 0 bridgehead atoms. The molecule has 0 aliphatic carbocycles. The summed E-state index contributed by atoms with van der Waals surface area (Å²) in [5, 5.41) is 14.3. The second kappa shape index (κ2) is 16.5. The molecule has 0 spiro atoms. The summed E-state index contributed by atoms with van der Waals surface area (Å²) in [4.78, 5) is 87.7. The minimum atomic E-state index is -1.03. The van der Waals surface area contributed by atoms with Crippen LogP contribution in [0.1, 0.15) is 62.0 Å². The largest absolute Gasteiger partial charge is 0.347 e. The zero-order valence-corrected chi connectivity index (χ0v) is 30.1. The summed E-state index contributed by atoms with van der Waals surface area (Å²) in [6, 6.07) is 8.82. The molecule has 2 fully saturated rings. The number of thioether (sulfide) groups is 1. The normalized spacial score (nSPS) is 25.5. The summed E-state index contributed by atoms with van der Waals surface area (Å²) < 4.78 is 0.853. The number of hydrogen-bond donors (Lipinski definition) is 5. The Labute approximate surface area is 299 Å². The van der Waals surface area contributed by atoms with Gasteiger partial charge in [-0.1, -0.05) is 44.2 Å². The third-order valence-corrected chi connectivity index (χ3v) is 10.4. The SMILES string of the molecule is CSCC[C@@H]1NC(=O)C[C@@H](c2ccccc2)NC(=O)[C@H](C)NC(=O)[C@@H]2C[C@H](NC(=O)c3ccc4ncsc4c3)CN2C(=O)[C@H](C(C)C)NC1=O. The number of nitrogens with one attached hydrogen (secondary N) is 5. The summed E-state index contributed by atoms with van der Waals surface area (Å²) in [6.45, 7) is 5.11. The van der Waals surface area contributed by atoms with Crippen molar-refractivity contribution in [3.05, 3.63) is 65.2 Å². The van der Waals surface area contributed by atoms with Crippen LogP contribution in [0, 0.1) is 5.92 Å². The summed E-state index contributed by atoms with van der Waals surface area (Å²) in [5.74, 6) is -2.75. The average Bonchev–Trinajstić information content (AvgIpc) is 3.75. The van der Waals surface area contributed by atoms with Gasteiger partial charge in [0.2, 0.25) is 29.5 Å². The van der Waals surface area contributed by atoms with Crippen molar-refractivity contribution in [2.24, 2.45) is 5.92 Å². The monoisotopic (exact) mass is 721 g/mol. The van der Waals surface area contributed by atoms with E-state index in [1.807, 2.05) is 12.3 Å². The molecule has 5 rings (SSSR count). The Hall–Kier alpha value is -4.50. The van der Waals surface area contributed by atoms with Gasteiger partial charge >= 0.3 is 0 Å². The van der Waals surface area contributed by atoms with Gasteiger partial charge in [-0.25, -0.2) is 4.98 Å². The van der Waals surface area contributed by atoms with Crippen LogP contribution >= 0.6 is 23.1 Å². The van der Waals surface area contributed by atoms with Crippen LogP contribution < -0.4 is 26.6 Å². The lowest BCUT2D eigenvalue weighted by Gasteiger charge is -2.32. The number of carbonyl (C=O) groups excluding carboxylic acids is 6. The molecule has 266 valence electrons. The lowest BCUT2D eigenvalue weighted by molar-refractivity contribution is -0.143. The first-order chi connectivity index (χ1) is 23.9. The van der Waals surface area contributed by atoms with Crippen molar-refractivity contribution >= 4 is 68.8 Å². The molecule has 13 nitrogen and oxygen atoms in total. The van der Waals surface area contributed by atoms with Crippen LogP contribution in [0.2, 0.25) is 0 Å². The van der Waals surface area contributed by atoms with Crippen LogP contribution in [0.5, 0.6) is 0 Å². The zero-order chi connectivity index (χ0) is 35.9. The highest BCUT2D eigenvalue weighted by molar-refractivity contribution is 7.98. The highest BCUT2D eigenvalue weighted by atomic mass is 32.2. The first-order valence-corrected chi connectivity index (χ1v) is 18.9. The second-order valence-corrected chi connectivity index (χ2v) is 14.9. The van der Waals surface area contributed by atoms with Gasteiger partial charge < -0.3 is 31.5 Å². The van der Waals surface area contributed by atoms with E-state index >= 15 is 0 Å². The smallest absolute Gasteiger partial charge is 0.251 e. The van der Waals surface area contributed by atoms with Crippen molar-refractivity contribution in [3.8, 4) is 0 Å². The van der Waals surface area contributed by atoms with Crippen LogP contribution in [0.15, 0.2) is 54.0 Å². The molecule has 3 heterocycles. The Morgan fingerprint density at radius 3 is 2.48 bits per heavy atom. The predicted molar refractivity (Wildman–Crippen MR) is 192 cm³/mol. The molecule has 0 saturated carbocycles. The summed E-state index contributed by atoms with van der Waals surface area (Å²) >= 11 is 2.93. The fourth-order valence-corrected chi connectivity index (χ4v) is 7.38. The van der Waals surface area contributed by atoms with Gasteiger partial charge in [0.25, 0.3) is 5.91 Å². The molecule has 5 N–H and O–H groups in total. The van der Waals surface area contributed by atoms with E-state index in [0.717, 1.165) is 10.2 Å². The minimum Gasteiger partial charge on any atom is -0.347 e. The first kappa shape index (κ1) is 36.8. The van der Waals surface area contributed by atoms with E-state index in [-0.39, 0.29) is 31.2 Å². The van der Waals surface area contributed by atoms with Crippen molar-refractivity contribution in [3.63, 3.8) is 0 Å². The molecule has 6 amide bonds. The summed E-state index contributed by atoms with van der Waals surface area (Å²) in [7, 11) is 0. The maximum atomic E-state index is 14.2. The van der Waals surface area contributed by atoms with Gasteiger partial charge in [-0.3, -0.25) is 28.8 Å². The fraction of sp³-hybridized carbons (Fsp3) is 0.457. The fourth-order valence-electron chi connectivity index (χ4n) is 6.20. The number of fused-ring (bicyclic) bond motifs is 2. The Balaban J connectivity index is 1.45. The first-order valence-electron chi connectivity index (χ1n) is 16.6. The van der Waals surface area contributed by atoms with E-state index in [1.165, 1.54) is 34.9 Å². The van der Waals surface area contributed by atoms with Crippen molar-refractivity contribution in [2.75, 3.05) is 18.6 Å². The van der Waals surface area contributed by atoms with Gasteiger partial charge in [-0.05, 0) is 61.5 Å². The molecular weight excluding hydrogens is 679 g/mol. The third kappa shape index (κ3) is 8.80. The lowest BCUT2D eigenvalue weighted by atomic mass is 10.0. The molecule has 1 aromatic heterocycles. The maximum absolute atomic E-state index is 14.2. The van der Waals surface area contributed by atoms with Crippen LogP contribution in [-0.4, -0.2) is 94.1 Å². The number of carbonyl (C=O) groups is 6. The third-order valence-electron chi connectivity index (χ3n) is 8.97. The number of benzene rings is 2. The van der Waals surface area contributed by atoms with Crippen LogP contribution in [0.3, 0.4) is 0 Å². The molecule has 50 heavy (non-hydrogen) atoms. The molecule has 2 aliphatic heterocycles. The van der Waals surface area contributed by atoms with Crippen molar-refractivity contribution < 1.29 is 28.8 Å². The topological polar surface area (TPSA) is 179 Å². The van der Waals surface area contributed by atoms with Crippen LogP contribution in [0.25, 0.3) is 10.2 Å². The number of thiazole rings is 1. The number of amides is 6. The Kier molecular flexibility index (Phi) is 12.1. The minimum absolute atomic E-state index is 0.00779. The van der Waals surface area contributed by atoms with Crippen molar-refractivity contribution in [1.29, 1.82) is 0 Å². The number of aromatic nitrogens is 1. The molecular formula is C35H43N7O6S2. The quantitative estimate of drug-likeness (QED) is 0.246. The van der Waals surface area contributed by atoms with Gasteiger partial charge in [-0.15, -0.1) is 11.3 Å². The molecule has 6 atom stereocenters.